The van der Waals surface area contributed by atoms with Gasteiger partial charge in [-0.05, 0) is 35.9 Å². The number of fused-ring (bicyclic) bond motifs is 2. The average molecular weight is 485 g/mol. The molecule has 0 unspecified atom stereocenters. The van der Waals surface area contributed by atoms with Gasteiger partial charge in [-0.15, -0.1) is 0 Å². The summed E-state index contributed by atoms with van der Waals surface area (Å²) in [5.74, 6) is 0.686. The van der Waals surface area contributed by atoms with Gasteiger partial charge in [0, 0.05) is 39.8 Å². The summed E-state index contributed by atoms with van der Waals surface area (Å²) in [5, 5.41) is 9.64. The van der Waals surface area contributed by atoms with Crippen molar-refractivity contribution in [1.82, 2.24) is 30.1 Å². The molecule has 8 heteroatoms. The van der Waals surface area contributed by atoms with Crippen molar-refractivity contribution < 1.29 is 9.15 Å². The molecule has 8 nitrogen and oxygen atoms in total. The molecule has 6 heterocycles. The van der Waals surface area contributed by atoms with Gasteiger partial charge in [0.25, 0.3) is 0 Å². The number of rotatable bonds is 6. The van der Waals surface area contributed by atoms with Gasteiger partial charge in [-0.25, -0.2) is 0 Å². The highest BCUT2D eigenvalue weighted by atomic mass is 16.5. The number of ether oxygens (including phenoxy) is 1. The van der Waals surface area contributed by atoms with Crippen LogP contribution in [0.5, 0.6) is 5.75 Å². The summed E-state index contributed by atoms with van der Waals surface area (Å²) in [6.07, 6.45) is 10.4. The summed E-state index contributed by atoms with van der Waals surface area (Å²) in [6.45, 7) is 0.473. The summed E-state index contributed by atoms with van der Waals surface area (Å²) >= 11 is 0. The number of nitrogens with one attached hydrogen (secondary N) is 2. The van der Waals surface area contributed by atoms with Crippen molar-refractivity contribution in [3.05, 3.63) is 104 Å². The first-order valence-corrected chi connectivity index (χ1v) is 11.8. The van der Waals surface area contributed by atoms with Crippen molar-refractivity contribution in [2.75, 3.05) is 0 Å². The van der Waals surface area contributed by atoms with Crippen LogP contribution < -0.4 is 4.74 Å². The number of pyridine rings is 3. The van der Waals surface area contributed by atoms with Crippen LogP contribution in [0.1, 0.15) is 5.56 Å². The molecule has 7 aromatic rings. The predicted molar refractivity (Wildman–Crippen MR) is 141 cm³/mol. The van der Waals surface area contributed by atoms with E-state index in [9.17, 15) is 0 Å². The fraction of sp³-hybridized carbons (Fsp3) is 0.0345. The second-order valence-corrected chi connectivity index (χ2v) is 8.69. The number of nitrogens with zero attached hydrogens (tertiary/aromatic N) is 4. The summed E-state index contributed by atoms with van der Waals surface area (Å²) in [7, 11) is 0. The first-order valence-electron chi connectivity index (χ1n) is 11.8. The Morgan fingerprint density at radius 1 is 0.811 bits per heavy atom. The molecule has 0 aliphatic heterocycles. The van der Waals surface area contributed by atoms with Crippen LogP contribution in [0, 0.1) is 0 Å². The molecule has 0 radical (unpaired) electrons. The van der Waals surface area contributed by atoms with Crippen LogP contribution in [0.25, 0.3) is 55.7 Å². The summed E-state index contributed by atoms with van der Waals surface area (Å²) in [6, 6.07) is 20.0. The highest BCUT2D eigenvalue weighted by Crippen LogP contribution is 2.34. The minimum atomic E-state index is 0.473. The smallest absolute Gasteiger partial charge is 0.138 e. The van der Waals surface area contributed by atoms with Gasteiger partial charge in [0.2, 0.25) is 0 Å². The standard InChI is InChI=1S/C29H20N6O2/c1-2-4-18(5-3-1)16-37-21-10-20(13-30-14-21)25-11-23-27(15-32-25)34-35-29(23)26-12-22-24(33-26)6-8-31-28(22)19-7-9-36-17-19/h1-15,17,33H,16H2,(H,34,35). The Bertz CT molecular complexity index is 1840. The highest BCUT2D eigenvalue weighted by Gasteiger charge is 2.16. The third-order valence-corrected chi connectivity index (χ3v) is 6.30. The molecule has 6 aromatic heterocycles. The number of aromatic nitrogens is 6. The van der Waals surface area contributed by atoms with E-state index < -0.39 is 0 Å². The van der Waals surface area contributed by atoms with Gasteiger partial charge in [-0.1, -0.05) is 30.3 Å². The zero-order chi connectivity index (χ0) is 24.6. The normalized spacial score (nSPS) is 11.4. The van der Waals surface area contributed by atoms with Gasteiger partial charge in [0.15, 0.2) is 0 Å². The van der Waals surface area contributed by atoms with E-state index in [2.05, 4.69) is 36.2 Å². The van der Waals surface area contributed by atoms with Crippen LogP contribution in [0.2, 0.25) is 0 Å². The largest absolute Gasteiger partial charge is 0.487 e. The lowest BCUT2D eigenvalue weighted by Gasteiger charge is -2.08. The van der Waals surface area contributed by atoms with E-state index in [4.69, 9.17) is 9.15 Å². The minimum Gasteiger partial charge on any atom is -0.487 e. The number of hydrogen-bond acceptors (Lipinski definition) is 6. The molecular weight excluding hydrogens is 464 g/mol. The third kappa shape index (κ3) is 3.90. The van der Waals surface area contributed by atoms with Crippen LogP contribution in [-0.4, -0.2) is 30.1 Å². The molecule has 7 rings (SSSR count). The van der Waals surface area contributed by atoms with Gasteiger partial charge in [0.1, 0.15) is 18.1 Å². The highest BCUT2D eigenvalue weighted by molar-refractivity contribution is 6.00. The number of furan rings is 1. The molecule has 0 saturated heterocycles. The summed E-state index contributed by atoms with van der Waals surface area (Å²) in [5.41, 5.74) is 8.03. The maximum atomic E-state index is 5.97. The van der Waals surface area contributed by atoms with E-state index in [0.29, 0.717) is 12.4 Å². The van der Waals surface area contributed by atoms with Crippen LogP contribution >= 0.6 is 0 Å². The lowest BCUT2D eigenvalue weighted by atomic mass is 10.1. The molecule has 178 valence electrons. The van der Waals surface area contributed by atoms with Crippen molar-refractivity contribution in [2.24, 2.45) is 0 Å². The molecule has 0 aliphatic rings. The van der Waals surface area contributed by atoms with E-state index in [0.717, 1.165) is 61.3 Å². The fourth-order valence-electron chi connectivity index (χ4n) is 4.47. The van der Waals surface area contributed by atoms with Crippen molar-refractivity contribution in [1.29, 1.82) is 0 Å². The molecule has 0 bridgehead atoms. The SMILES string of the molecule is c1ccc(COc2cncc(-c3cc4c(-c5cc6c(-c7ccoc7)nccc6[nH]5)n[nH]c4cn3)c2)cc1. The second kappa shape index (κ2) is 8.76. The van der Waals surface area contributed by atoms with Crippen LogP contribution in [-0.2, 0) is 6.61 Å². The maximum Gasteiger partial charge on any atom is 0.138 e. The Labute approximate surface area is 211 Å². The van der Waals surface area contributed by atoms with Gasteiger partial charge in [-0.3, -0.25) is 20.1 Å². The molecule has 2 N–H and O–H groups in total. The van der Waals surface area contributed by atoms with Crippen molar-refractivity contribution in [3.63, 3.8) is 0 Å². The van der Waals surface area contributed by atoms with E-state index in [1.807, 2.05) is 54.6 Å². The lowest BCUT2D eigenvalue weighted by molar-refractivity contribution is 0.305. The molecule has 1 aromatic carbocycles. The minimum absolute atomic E-state index is 0.473. The third-order valence-electron chi connectivity index (χ3n) is 6.30. The Hall–Kier alpha value is -5.24. The average Bonchev–Trinajstić information content (AvgIpc) is 3.71. The van der Waals surface area contributed by atoms with E-state index >= 15 is 0 Å². The summed E-state index contributed by atoms with van der Waals surface area (Å²) < 4.78 is 11.2. The Morgan fingerprint density at radius 3 is 2.62 bits per heavy atom. The molecule has 0 spiro atoms. The number of hydrogen-bond donors (Lipinski definition) is 2. The van der Waals surface area contributed by atoms with E-state index in [1.54, 1.807) is 37.3 Å². The molecule has 0 fully saturated rings. The molecule has 37 heavy (non-hydrogen) atoms. The predicted octanol–water partition coefficient (Wildman–Crippen LogP) is 6.40. The number of benzene rings is 1. The zero-order valence-corrected chi connectivity index (χ0v) is 19.6. The van der Waals surface area contributed by atoms with Gasteiger partial charge in [0.05, 0.1) is 47.5 Å². The number of aromatic amines is 2. The zero-order valence-electron chi connectivity index (χ0n) is 19.6. The van der Waals surface area contributed by atoms with Crippen LogP contribution in [0.4, 0.5) is 0 Å². The molecule has 0 saturated carbocycles. The van der Waals surface area contributed by atoms with Gasteiger partial charge < -0.3 is 14.1 Å². The van der Waals surface area contributed by atoms with E-state index in [-0.39, 0.29) is 0 Å². The van der Waals surface area contributed by atoms with Crippen LogP contribution in [0.15, 0.2) is 102 Å². The van der Waals surface area contributed by atoms with Crippen LogP contribution in [0.3, 0.4) is 0 Å². The van der Waals surface area contributed by atoms with Crippen molar-refractivity contribution in [3.8, 4) is 39.7 Å². The topological polar surface area (TPSA) is 106 Å². The molecule has 0 aliphatic carbocycles. The molecule has 0 amide bonds. The second-order valence-electron chi connectivity index (χ2n) is 8.69. The quantitative estimate of drug-likeness (QED) is 0.283. The maximum absolute atomic E-state index is 5.97. The fourth-order valence-corrected chi connectivity index (χ4v) is 4.47. The molecule has 0 atom stereocenters. The number of H-pyrrole nitrogens is 2. The van der Waals surface area contributed by atoms with Crippen molar-refractivity contribution in [2.45, 2.75) is 6.61 Å². The monoisotopic (exact) mass is 484 g/mol. The lowest BCUT2D eigenvalue weighted by Crippen LogP contribution is -1.96. The van der Waals surface area contributed by atoms with E-state index in [1.165, 1.54) is 0 Å². The summed E-state index contributed by atoms with van der Waals surface area (Å²) in [4.78, 5) is 17.1. The van der Waals surface area contributed by atoms with Gasteiger partial charge >= 0.3 is 0 Å². The molecular formula is C29H20N6O2. The Morgan fingerprint density at radius 2 is 1.73 bits per heavy atom. The first-order chi connectivity index (χ1) is 18.3. The van der Waals surface area contributed by atoms with Gasteiger partial charge in [-0.2, -0.15) is 5.10 Å². The Kier molecular flexibility index (Phi) is 4.99. The Balaban J connectivity index is 1.24. The van der Waals surface area contributed by atoms with Crippen molar-refractivity contribution >= 4 is 21.8 Å². The first kappa shape index (κ1) is 21.1.